The number of halogens is 1. The SMILES string of the molecule is [2H]N(c1ccc(Cl)cc1)C(C)(C)c1ccccc1. The molecule has 0 saturated carbocycles. The molecule has 2 heteroatoms. The van der Waals surface area contributed by atoms with Gasteiger partial charge in [-0.2, -0.15) is 0 Å². The minimum absolute atomic E-state index is 0.394. The van der Waals surface area contributed by atoms with Crippen molar-refractivity contribution >= 4 is 17.3 Å². The van der Waals surface area contributed by atoms with E-state index in [1.54, 1.807) is 12.1 Å². The zero-order valence-corrected chi connectivity index (χ0v) is 10.8. The van der Waals surface area contributed by atoms with E-state index in [1.807, 2.05) is 56.3 Å². The predicted octanol–water partition coefficient (Wildman–Crippen LogP) is 4.69. The van der Waals surface area contributed by atoms with Crippen molar-refractivity contribution in [3.63, 3.8) is 0 Å². The second-order valence-electron chi connectivity index (χ2n) is 4.51. The van der Waals surface area contributed by atoms with Gasteiger partial charge in [0.1, 0.15) is 0 Å². The molecule has 0 amide bonds. The summed E-state index contributed by atoms with van der Waals surface area (Å²) in [7, 11) is 0. The number of anilines is 1. The van der Waals surface area contributed by atoms with Crippen LogP contribution in [0.1, 0.15) is 19.4 Å². The Hall–Kier alpha value is -1.47. The standard InChI is InChI=1S/C15H16ClN/c1-15(2,12-6-4-3-5-7-12)17-14-10-8-13(16)9-11-14/h3-11,17H,1-2H3/i/hD. The zero-order valence-electron chi connectivity index (χ0n) is 11.0. The Balaban J connectivity index is 2.32. The molecule has 1 nitrogen and oxygen atoms in total. The van der Waals surface area contributed by atoms with E-state index in [0.717, 1.165) is 11.3 Å². The van der Waals surface area contributed by atoms with E-state index in [2.05, 4.69) is 0 Å². The summed E-state index contributed by atoms with van der Waals surface area (Å²) in [5.74, 6) is 0. The predicted molar refractivity (Wildman–Crippen MR) is 74.5 cm³/mol. The lowest BCUT2D eigenvalue weighted by atomic mass is 9.94. The van der Waals surface area contributed by atoms with Crippen LogP contribution < -0.4 is 5.31 Å². The molecule has 0 bridgehead atoms. The molecule has 0 heterocycles. The molecule has 1 N–H and O–H groups in total. The normalized spacial score (nSPS) is 12.1. The average Bonchev–Trinajstić information content (AvgIpc) is 2.40. The van der Waals surface area contributed by atoms with Gasteiger partial charge < -0.3 is 5.31 Å². The molecule has 88 valence electrons. The monoisotopic (exact) mass is 246 g/mol. The van der Waals surface area contributed by atoms with Gasteiger partial charge in [-0.1, -0.05) is 41.9 Å². The van der Waals surface area contributed by atoms with Crippen LogP contribution >= 0.6 is 11.6 Å². The third-order valence-electron chi connectivity index (χ3n) is 2.72. The van der Waals surface area contributed by atoms with Gasteiger partial charge in [0.2, 0.25) is 0 Å². The molecule has 0 fully saturated rings. The lowest BCUT2D eigenvalue weighted by Gasteiger charge is -2.28. The van der Waals surface area contributed by atoms with Crippen LogP contribution in [0.4, 0.5) is 5.69 Å². The Morgan fingerprint density at radius 2 is 1.59 bits per heavy atom. The van der Waals surface area contributed by atoms with E-state index >= 15 is 0 Å². The summed E-state index contributed by atoms with van der Waals surface area (Å²) in [6.07, 6.45) is 0. The molecule has 2 aromatic carbocycles. The number of hydrogen-bond donors (Lipinski definition) is 1. The van der Waals surface area contributed by atoms with E-state index in [-0.39, 0.29) is 0 Å². The van der Waals surface area contributed by atoms with Crippen LogP contribution in [0.2, 0.25) is 6.43 Å². The maximum atomic E-state index is 8.31. The van der Waals surface area contributed by atoms with Gasteiger partial charge in [0, 0.05) is 10.7 Å². The van der Waals surface area contributed by atoms with Crippen molar-refractivity contribution in [3.8, 4) is 0 Å². The van der Waals surface area contributed by atoms with Crippen molar-refractivity contribution in [3.05, 3.63) is 65.2 Å². The molecule has 0 aromatic heterocycles. The van der Waals surface area contributed by atoms with E-state index in [4.69, 9.17) is 13.0 Å². The molecule has 0 aliphatic carbocycles. The molecule has 0 atom stereocenters. The molecule has 0 aliphatic heterocycles. The van der Waals surface area contributed by atoms with Crippen molar-refractivity contribution in [1.82, 2.24) is 0 Å². The van der Waals surface area contributed by atoms with Gasteiger partial charge in [-0.15, -0.1) is 0 Å². The molecular formula is C15H16ClN. The summed E-state index contributed by atoms with van der Waals surface area (Å²) >= 11 is 5.87. The van der Waals surface area contributed by atoms with Gasteiger partial charge in [0.25, 0.3) is 0 Å². The lowest BCUT2D eigenvalue weighted by molar-refractivity contribution is 0.609. The summed E-state index contributed by atoms with van der Waals surface area (Å²) < 4.78 is 8.31. The quantitative estimate of drug-likeness (QED) is 0.829. The molecule has 17 heavy (non-hydrogen) atoms. The minimum atomic E-state index is -0.394. The van der Waals surface area contributed by atoms with E-state index < -0.39 is 5.54 Å². The van der Waals surface area contributed by atoms with Crippen molar-refractivity contribution < 1.29 is 1.41 Å². The highest BCUT2D eigenvalue weighted by molar-refractivity contribution is 6.30. The fraction of sp³-hybridized carbons (Fsp3) is 0.200. The van der Waals surface area contributed by atoms with E-state index in [9.17, 15) is 0 Å². The molecule has 0 unspecified atom stereocenters. The first-order chi connectivity index (χ1) is 8.51. The molecule has 2 rings (SSSR count). The van der Waals surface area contributed by atoms with Crippen LogP contribution in [-0.4, -0.2) is 0 Å². The third kappa shape index (κ3) is 3.01. The van der Waals surface area contributed by atoms with Crippen LogP contribution in [0.3, 0.4) is 0 Å². The van der Waals surface area contributed by atoms with Gasteiger partial charge in [0.05, 0.1) is 5.54 Å². The average molecular weight is 247 g/mol. The van der Waals surface area contributed by atoms with Gasteiger partial charge in [-0.3, -0.25) is 0 Å². The van der Waals surface area contributed by atoms with Crippen molar-refractivity contribution in [1.29, 1.82) is 0 Å². The number of rotatable bonds is 3. The van der Waals surface area contributed by atoms with Gasteiger partial charge in [0.15, 0.2) is 1.41 Å². The largest absolute Gasteiger partial charge is 0.376 e. The topological polar surface area (TPSA) is 12.0 Å². The van der Waals surface area contributed by atoms with Crippen LogP contribution in [-0.2, 0) is 5.54 Å². The molecule has 0 spiro atoms. The second-order valence-corrected chi connectivity index (χ2v) is 4.95. The first kappa shape index (κ1) is 10.7. The minimum Gasteiger partial charge on any atom is -0.376 e. The fourth-order valence-corrected chi connectivity index (χ4v) is 1.87. The van der Waals surface area contributed by atoms with Crippen LogP contribution in [0.5, 0.6) is 0 Å². The summed E-state index contributed by atoms with van der Waals surface area (Å²) in [6.45, 7) is 4.06. The highest BCUT2D eigenvalue weighted by Crippen LogP contribution is 2.25. The van der Waals surface area contributed by atoms with Crippen LogP contribution in [0.25, 0.3) is 0 Å². The lowest BCUT2D eigenvalue weighted by Crippen LogP contribution is -2.27. The Kier molecular flexibility index (Phi) is 3.02. The van der Waals surface area contributed by atoms with Crippen molar-refractivity contribution in [2.75, 3.05) is 5.31 Å². The molecule has 0 radical (unpaired) electrons. The maximum Gasteiger partial charge on any atom is 0.161 e. The first-order valence-corrected chi connectivity index (χ1v) is 6.00. The summed E-state index contributed by atoms with van der Waals surface area (Å²) in [6, 6.07) is 17.4. The Morgan fingerprint density at radius 3 is 2.18 bits per heavy atom. The molecule has 0 aliphatic rings. The highest BCUT2D eigenvalue weighted by Gasteiger charge is 2.19. The van der Waals surface area contributed by atoms with Crippen LogP contribution in [0, 0.1) is 0 Å². The highest BCUT2D eigenvalue weighted by atomic mass is 35.5. The van der Waals surface area contributed by atoms with Gasteiger partial charge in [-0.25, -0.2) is 0 Å². The number of nitrogens with one attached hydrogen (secondary N) is 1. The summed E-state index contributed by atoms with van der Waals surface area (Å²) in [5.41, 5.74) is 1.54. The van der Waals surface area contributed by atoms with E-state index in [0.29, 0.717) is 5.02 Å². The summed E-state index contributed by atoms with van der Waals surface area (Å²) in [4.78, 5) is 0. The number of hydrogen-bond acceptors (Lipinski definition) is 1. The van der Waals surface area contributed by atoms with Crippen LogP contribution in [0.15, 0.2) is 54.6 Å². The smallest absolute Gasteiger partial charge is 0.161 e. The summed E-state index contributed by atoms with van der Waals surface area (Å²) in [5, 5.41) is 2.20. The van der Waals surface area contributed by atoms with Crippen molar-refractivity contribution in [2.24, 2.45) is 0 Å². The first-order valence-electron chi connectivity index (χ1n) is 6.07. The van der Waals surface area contributed by atoms with Gasteiger partial charge >= 0.3 is 0 Å². The number of benzene rings is 2. The Morgan fingerprint density at radius 1 is 1.00 bits per heavy atom. The van der Waals surface area contributed by atoms with Crippen molar-refractivity contribution in [2.45, 2.75) is 19.4 Å². The molecule has 0 saturated heterocycles. The zero-order chi connectivity index (χ0) is 13.2. The maximum absolute atomic E-state index is 8.31. The van der Waals surface area contributed by atoms with E-state index in [1.165, 1.54) is 5.31 Å². The van der Waals surface area contributed by atoms with Gasteiger partial charge in [-0.05, 0) is 43.7 Å². The fourth-order valence-electron chi connectivity index (χ4n) is 1.75. The second kappa shape index (κ2) is 4.80. The Bertz CT molecular complexity index is 508. The third-order valence-corrected chi connectivity index (χ3v) is 2.97. The molecular weight excluding hydrogens is 230 g/mol. The Labute approximate surface area is 109 Å². The molecule has 2 aromatic rings.